The summed E-state index contributed by atoms with van der Waals surface area (Å²) in [5.41, 5.74) is 4.03. The highest BCUT2D eigenvalue weighted by Gasteiger charge is 2.12. The van der Waals surface area contributed by atoms with Crippen LogP contribution in [0.3, 0.4) is 0 Å². The highest BCUT2D eigenvalue weighted by atomic mass is 32.1. The summed E-state index contributed by atoms with van der Waals surface area (Å²) in [6.45, 7) is 6.12. The molecule has 1 aromatic heterocycles. The summed E-state index contributed by atoms with van der Waals surface area (Å²) >= 11 is 1.40. The largest absolute Gasteiger partial charge is 0.465 e. The van der Waals surface area contributed by atoms with E-state index < -0.39 is 0 Å². The molecule has 0 aliphatic carbocycles. The predicted molar refractivity (Wildman–Crippen MR) is 107 cm³/mol. The van der Waals surface area contributed by atoms with Crippen LogP contribution in [0, 0.1) is 13.8 Å². The van der Waals surface area contributed by atoms with E-state index in [1.807, 2.05) is 56.3 Å². The number of carbonyl (C=O) groups is 2. The number of amides is 1. The molecule has 6 heteroatoms. The highest BCUT2D eigenvalue weighted by Crippen LogP contribution is 2.17. The molecule has 3 rings (SSSR count). The number of esters is 1. The first-order valence-electron chi connectivity index (χ1n) is 8.85. The molecule has 0 fully saturated rings. The maximum Gasteiger partial charge on any atom is 0.326 e. The Morgan fingerprint density at radius 1 is 1.15 bits per heavy atom. The van der Waals surface area contributed by atoms with Gasteiger partial charge in [0.2, 0.25) is 0 Å². The molecule has 27 heavy (non-hydrogen) atoms. The molecule has 0 radical (unpaired) electrons. The lowest BCUT2D eigenvalue weighted by Gasteiger charge is -2.06. The van der Waals surface area contributed by atoms with E-state index in [2.05, 4.69) is 4.99 Å². The Morgan fingerprint density at radius 2 is 1.93 bits per heavy atom. The fraction of sp³-hybridized carbons (Fsp3) is 0.286. The van der Waals surface area contributed by atoms with Crippen molar-refractivity contribution in [1.82, 2.24) is 4.57 Å². The number of carbonyl (C=O) groups excluding carboxylic acids is 2. The van der Waals surface area contributed by atoms with Crippen LogP contribution in [-0.4, -0.2) is 23.1 Å². The predicted octanol–water partition coefficient (Wildman–Crippen LogP) is 3.55. The monoisotopic (exact) mass is 382 g/mol. The van der Waals surface area contributed by atoms with Crippen molar-refractivity contribution in [2.75, 3.05) is 6.61 Å². The van der Waals surface area contributed by atoms with E-state index in [1.165, 1.54) is 11.3 Å². The summed E-state index contributed by atoms with van der Waals surface area (Å²) in [5.74, 6) is -0.572. The molecule has 0 spiro atoms. The lowest BCUT2D eigenvalue weighted by Crippen LogP contribution is -2.23. The van der Waals surface area contributed by atoms with E-state index in [0.717, 1.165) is 26.9 Å². The number of aryl methyl sites for hydroxylation is 2. The number of para-hydroxylation sites is 1. The molecule has 1 heterocycles. The number of rotatable bonds is 5. The molecule has 0 aliphatic rings. The number of fused-ring (bicyclic) bond motifs is 1. The first-order valence-corrected chi connectivity index (χ1v) is 9.67. The molecule has 0 atom stereocenters. The maximum atomic E-state index is 12.6. The van der Waals surface area contributed by atoms with Gasteiger partial charge in [-0.15, -0.1) is 0 Å². The van der Waals surface area contributed by atoms with Gasteiger partial charge in [0.1, 0.15) is 6.54 Å². The number of hydrogen-bond donors (Lipinski definition) is 0. The van der Waals surface area contributed by atoms with Gasteiger partial charge in [-0.2, -0.15) is 4.99 Å². The van der Waals surface area contributed by atoms with Crippen molar-refractivity contribution in [3.8, 4) is 0 Å². The first-order chi connectivity index (χ1) is 13.0. The molecule has 5 nitrogen and oxygen atoms in total. The number of aromatic nitrogens is 1. The Balaban J connectivity index is 1.98. The Morgan fingerprint density at radius 3 is 2.70 bits per heavy atom. The minimum Gasteiger partial charge on any atom is -0.465 e. The normalized spacial score (nSPS) is 11.7. The third-order valence-electron chi connectivity index (χ3n) is 4.25. The van der Waals surface area contributed by atoms with Gasteiger partial charge < -0.3 is 9.30 Å². The molecule has 0 bridgehead atoms. The van der Waals surface area contributed by atoms with Crippen LogP contribution in [0.4, 0.5) is 0 Å². The van der Waals surface area contributed by atoms with Crippen LogP contribution in [0.5, 0.6) is 0 Å². The van der Waals surface area contributed by atoms with Crippen molar-refractivity contribution in [3.05, 3.63) is 64.0 Å². The quantitative estimate of drug-likeness (QED) is 0.634. The molecule has 1 amide bonds. The van der Waals surface area contributed by atoms with Gasteiger partial charge in [-0.05, 0) is 44.0 Å². The van der Waals surface area contributed by atoms with Gasteiger partial charge in [-0.1, -0.05) is 47.2 Å². The van der Waals surface area contributed by atoms with Crippen molar-refractivity contribution in [1.29, 1.82) is 0 Å². The van der Waals surface area contributed by atoms with E-state index in [0.29, 0.717) is 11.4 Å². The summed E-state index contributed by atoms with van der Waals surface area (Å²) in [6.07, 6.45) is 0.237. The lowest BCUT2D eigenvalue weighted by molar-refractivity contribution is -0.143. The van der Waals surface area contributed by atoms with Crippen LogP contribution < -0.4 is 4.80 Å². The summed E-state index contributed by atoms with van der Waals surface area (Å²) in [6, 6.07) is 13.8. The maximum absolute atomic E-state index is 12.6. The van der Waals surface area contributed by atoms with Crippen molar-refractivity contribution in [3.63, 3.8) is 0 Å². The van der Waals surface area contributed by atoms with Crippen molar-refractivity contribution < 1.29 is 14.3 Å². The molecule has 0 unspecified atom stereocenters. The van der Waals surface area contributed by atoms with Crippen LogP contribution in [0.1, 0.15) is 23.6 Å². The third kappa shape index (κ3) is 4.52. The zero-order valence-electron chi connectivity index (χ0n) is 15.7. The minimum atomic E-state index is -0.343. The number of thiazole rings is 1. The van der Waals surface area contributed by atoms with Crippen molar-refractivity contribution in [2.24, 2.45) is 4.99 Å². The summed E-state index contributed by atoms with van der Waals surface area (Å²) < 4.78 is 7.79. The van der Waals surface area contributed by atoms with E-state index in [1.54, 1.807) is 11.5 Å². The van der Waals surface area contributed by atoms with Crippen molar-refractivity contribution in [2.45, 2.75) is 33.7 Å². The average Bonchev–Trinajstić information content (AvgIpc) is 2.95. The Bertz CT molecular complexity index is 1060. The highest BCUT2D eigenvalue weighted by molar-refractivity contribution is 7.16. The number of hydrogen-bond acceptors (Lipinski definition) is 4. The van der Waals surface area contributed by atoms with Gasteiger partial charge in [0.05, 0.1) is 23.2 Å². The van der Waals surface area contributed by atoms with Crippen LogP contribution >= 0.6 is 11.3 Å². The molecule has 0 saturated heterocycles. The zero-order chi connectivity index (χ0) is 19.4. The smallest absolute Gasteiger partial charge is 0.326 e. The third-order valence-corrected chi connectivity index (χ3v) is 5.31. The zero-order valence-corrected chi connectivity index (χ0v) is 16.5. The minimum absolute atomic E-state index is 0.0352. The molecule has 0 aliphatic heterocycles. The second-order valence-electron chi connectivity index (χ2n) is 6.36. The van der Waals surface area contributed by atoms with Gasteiger partial charge in [0.25, 0.3) is 5.91 Å². The number of nitrogens with zero attached hydrogens (tertiary/aromatic N) is 2. The van der Waals surface area contributed by atoms with Gasteiger partial charge in [-0.3, -0.25) is 9.59 Å². The average molecular weight is 382 g/mol. The summed E-state index contributed by atoms with van der Waals surface area (Å²) in [7, 11) is 0. The molecule has 3 aromatic rings. The second-order valence-corrected chi connectivity index (χ2v) is 7.36. The van der Waals surface area contributed by atoms with Gasteiger partial charge in [0.15, 0.2) is 4.80 Å². The van der Waals surface area contributed by atoms with Crippen LogP contribution in [-0.2, 0) is 27.3 Å². The fourth-order valence-electron chi connectivity index (χ4n) is 2.89. The first kappa shape index (κ1) is 19.0. The molecule has 0 saturated carbocycles. The van der Waals surface area contributed by atoms with E-state index in [-0.39, 0.29) is 24.8 Å². The number of benzene rings is 2. The molecule has 140 valence electrons. The fourth-order valence-corrected chi connectivity index (χ4v) is 3.94. The SMILES string of the molecule is CCOC(=O)Cn1c(=NC(=O)Cc2cc(C)ccc2C)sc2ccccc21. The standard InChI is InChI=1S/C21H22N2O3S/c1-4-26-20(25)13-23-17-7-5-6-8-18(17)27-21(23)22-19(24)12-16-11-14(2)9-10-15(16)3/h5-11H,4,12-13H2,1-3H3. The van der Waals surface area contributed by atoms with Crippen LogP contribution in [0.15, 0.2) is 47.5 Å². The van der Waals surface area contributed by atoms with E-state index in [4.69, 9.17) is 4.74 Å². The Hall–Kier alpha value is -2.73. The topological polar surface area (TPSA) is 60.7 Å². The lowest BCUT2D eigenvalue weighted by atomic mass is 10.0. The van der Waals surface area contributed by atoms with Crippen LogP contribution in [0.25, 0.3) is 10.2 Å². The Kier molecular flexibility index (Phi) is 5.86. The molecular formula is C21H22N2O3S. The molecule has 2 aromatic carbocycles. The van der Waals surface area contributed by atoms with Gasteiger partial charge >= 0.3 is 5.97 Å². The van der Waals surface area contributed by atoms with Gasteiger partial charge in [0, 0.05) is 0 Å². The van der Waals surface area contributed by atoms with Gasteiger partial charge in [-0.25, -0.2) is 0 Å². The summed E-state index contributed by atoms with van der Waals surface area (Å²) in [5, 5.41) is 0. The van der Waals surface area contributed by atoms with Crippen molar-refractivity contribution >= 4 is 33.4 Å². The summed E-state index contributed by atoms with van der Waals surface area (Å²) in [4.78, 5) is 29.4. The van der Waals surface area contributed by atoms with E-state index >= 15 is 0 Å². The number of ether oxygens (including phenoxy) is 1. The molecular weight excluding hydrogens is 360 g/mol. The Labute approximate surface area is 161 Å². The van der Waals surface area contributed by atoms with E-state index in [9.17, 15) is 9.59 Å². The second kappa shape index (κ2) is 8.31. The van der Waals surface area contributed by atoms with Crippen LogP contribution in [0.2, 0.25) is 0 Å². The molecule has 0 N–H and O–H groups in total.